The summed E-state index contributed by atoms with van der Waals surface area (Å²) in [4.78, 5) is 0. The van der Waals surface area contributed by atoms with E-state index in [1.807, 2.05) is 0 Å². The van der Waals surface area contributed by atoms with Gasteiger partial charge in [0.15, 0.2) is 0 Å². The van der Waals surface area contributed by atoms with E-state index in [-0.39, 0.29) is 25.8 Å². The third-order valence-corrected chi connectivity index (χ3v) is 4.26. The molecule has 92 valence electrons. The molecular formula is C18H15Hf-. The molecule has 0 aromatic heterocycles. The van der Waals surface area contributed by atoms with E-state index in [1.54, 1.807) is 0 Å². The Bertz CT molecular complexity index is 582. The summed E-state index contributed by atoms with van der Waals surface area (Å²) in [5.41, 5.74) is 5.69. The summed E-state index contributed by atoms with van der Waals surface area (Å²) < 4.78 is 0. The molecule has 0 N–H and O–H groups in total. The minimum Gasteiger partial charge on any atom is -0.179 e. The zero-order chi connectivity index (χ0) is 11.9. The maximum absolute atomic E-state index is 3.49. The van der Waals surface area contributed by atoms with Gasteiger partial charge in [0.1, 0.15) is 0 Å². The molecule has 0 spiro atoms. The van der Waals surface area contributed by atoms with Crippen LogP contribution in [0.4, 0.5) is 0 Å². The fourth-order valence-corrected chi connectivity index (χ4v) is 3.49. The molecular weight excluding hydrogens is 395 g/mol. The first-order valence-corrected chi connectivity index (χ1v) is 6.72. The summed E-state index contributed by atoms with van der Waals surface area (Å²) >= 11 is 0. The Morgan fingerprint density at radius 2 is 1.84 bits per heavy atom. The van der Waals surface area contributed by atoms with Crippen molar-refractivity contribution in [3.05, 3.63) is 71.8 Å². The third kappa shape index (κ3) is 1.99. The van der Waals surface area contributed by atoms with Crippen molar-refractivity contribution >= 4 is 0 Å². The van der Waals surface area contributed by atoms with Crippen LogP contribution in [0.1, 0.15) is 29.9 Å². The van der Waals surface area contributed by atoms with Gasteiger partial charge >= 0.3 is 0 Å². The normalized spacial score (nSPS) is 22.7. The number of hydrogen-bond donors (Lipinski definition) is 0. The van der Waals surface area contributed by atoms with Crippen LogP contribution in [0.5, 0.6) is 0 Å². The molecule has 0 radical (unpaired) electrons. The molecule has 0 bridgehead atoms. The molecule has 0 fully saturated rings. The van der Waals surface area contributed by atoms with Gasteiger partial charge in [-0.2, -0.15) is 24.3 Å². The molecule has 0 nitrogen and oxygen atoms in total. The SMILES string of the molecule is [Hf].[c-]1cccc2c1C(C1C=CCC1)c1ccccc1-2. The Kier molecular flexibility index (Phi) is 3.58. The van der Waals surface area contributed by atoms with Gasteiger partial charge in [0.25, 0.3) is 0 Å². The fraction of sp³-hybridized carbons (Fsp3) is 0.222. The summed E-state index contributed by atoms with van der Waals surface area (Å²) in [7, 11) is 0. The van der Waals surface area contributed by atoms with Crippen LogP contribution < -0.4 is 0 Å². The minimum atomic E-state index is 0. The largest absolute Gasteiger partial charge is 0.179 e. The number of allylic oxidation sites excluding steroid dienone is 2. The molecule has 0 saturated heterocycles. The molecule has 0 heterocycles. The van der Waals surface area contributed by atoms with Crippen molar-refractivity contribution in [3.8, 4) is 11.1 Å². The Balaban J connectivity index is 0.00000110. The van der Waals surface area contributed by atoms with E-state index in [4.69, 9.17) is 0 Å². The standard InChI is InChI=1S/C18H15.Hf/c1-2-8-13(7-1)18-16-11-5-3-9-14(16)15-10-4-6-12-17(15)18;/h1,3-7,9-11,13,18H,2,8H2;/q-1;. The van der Waals surface area contributed by atoms with Crippen molar-refractivity contribution < 1.29 is 25.8 Å². The van der Waals surface area contributed by atoms with Gasteiger partial charge < -0.3 is 0 Å². The maximum Gasteiger partial charge on any atom is 0 e. The Labute approximate surface area is 133 Å². The molecule has 19 heavy (non-hydrogen) atoms. The van der Waals surface area contributed by atoms with Gasteiger partial charge in [-0.3, -0.25) is 0 Å². The number of hydrogen-bond acceptors (Lipinski definition) is 0. The summed E-state index contributed by atoms with van der Waals surface area (Å²) in [5.74, 6) is 1.18. The first-order valence-electron chi connectivity index (χ1n) is 6.72. The number of fused-ring (bicyclic) bond motifs is 3. The van der Waals surface area contributed by atoms with Crippen LogP contribution in [-0.4, -0.2) is 0 Å². The van der Waals surface area contributed by atoms with Crippen LogP contribution in [0.15, 0.2) is 54.6 Å². The van der Waals surface area contributed by atoms with Gasteiger partial charge in [-0.1, -0.05) is 42.0 Å². The van der Waals surface area contributed by atoms with Gasteiger partial charge in [-0.25, -0.2) is 0 Å². The Morgan fingerprint density at radius 1 is 1.00 bits per heavy atom. The molecule has 2 aliphatic rings. The average Bonchev–Trinajstić information content (AvgIpc) is 3.03. The van der Waals surface area contributed by atoms with Crippen LogP contribution in [0.2, 0.25) is 0 Å². The predicted octanol–water partition coefficient (Wildman–Crippen LogP) is 4.56. The second-order valence-corrected chi connectivity index (χ2v) is 5.23. The smallest absolute Gasteiger partial charge is 0 e. The van der Waals surface area contributed by atoms with Crippen LogP contribution in [0.3, 0.4) is 0 Å². The summed E-state index contributed by atoms with van der Waals surface area (Å²) in [6, 6.07) is 18.7. The minimum absolute atomic E-state index is 0. The van der Waals surface area contributed by atoms with Crippen LogP contribution in [-0.2, 0) is 25.8 Å². The number of rotatable bonds is 1. The monoisotopic (exact) mass is 411 g/mol. The number of benzene rings is 2. The van der Waals surface area contributed by atoms with Crippen LogP contribution >= 0.6 is 0 Å². The molecule has 0 saturated carbocycles. The van der Waals surface area contributed by atoms with E-state index >= 15 is 0 Å². The summed E-state index contributed by atoms with van der Waals surface area (Å²) in [6.07, 6.45) is 7.23. The van der Waals surface area contributed by atoms with Gasteiger partial charge in [0.05, 0.1) is 0 Å². The first kappa shape index (κ1) is 13.1. The van der Waals surface area contributed by atoms with E-state index < -0.39 is 0 Å². The van der Waals surface area contributed by atoms with Gasteiger partial charge in [-0.05, 0) is 30.2 Å². The fourth-order valence-electron chi connectivity index (χ4n) is 3.49. The molecule has 2 atom stereocenters. The Morgan fingerprint density at radius 3 is 2.68 bits per heavy atom. The molecule has 2 unspecified atom stereocenters. The molecule has 1 heteroatoms. The molecule has 2 aromatic rings. The molecule has 2 aliphatic carbocycles. The van der Waals surface area contributed by atoms with Gasteiger partial charge in [0.2, 0.25) is 0 Å². The van der Waals surface area contributed by atoms with Crippen LogP contribution in [0, 0.1) is 12.0 Å². The average molecular weight is 410 g/mol. The van der Waals surface area contributed by atoms with Crippen molar-refractivity contribution in [1.82, 2.24) is 0 Å². The summed E-state index contributed by atoms with van der Waals surface area (Å²) in [6.45, 7) is 0. The third-order valence-electron chi connectivity index (χ3n) is 4.26. The van der Waals surface area contributed by atoms with E-state index in [9.17, 15) is 0 Å². The van der Waals surface area contributed by atoms with Crippen molar-refractivity contribution in [1.29, 1.82) is 0 Å². The van der Waals surface area contributed by atoms with E-state index in [1.165, 1.54) is 35.1 Å². The Hall–Kier alpha value is -0.950. The van der Waals surface area contributed by atoms with Gasteiger partial charge in [-0.15, -0.1) is 11.1 Å². The predicted molar refractivity (Wildman–Crippen MR) is 74.4 cm³/mol. The molecule has 0 amide bonds. The first-order chi connectivity index (χ1) is 8.95. The van der Waals surface area contributed by atoms with Crippen molar-refractivity contribution in [3.63, 3.8) is 0 Å². The van der Waals surface area contributed by atoms with Crippen molar-refractivity contribution in [2.75, 3.05) is 0 Å². The quantitative estimate of drug-likeness (QED) is 0.368. The maximum atomic E-state index is 3.49. The van der Waals surface area contributed by atoms with Crippen LogP contribution in [0.25, 0.3) is 11.1 Å². The molecule has 4 rings (SSSR count). The second-order valence-electron chi connectivity index (χ2n) is 5.23. The van der Waals surface area contributed by atoms with E-state index in [0.29, 0.717) is 11.8 Å². The summed E-state index contributed by atoms with van der Waals surface area (Å²) in [5, 5.41) is 0. The van der Waals surface area contributed by atoms with Gasteiger partial charge in [0, 0.05) is 25.8 Å². The molecule has 2 aromatic carbocycles. The second kappa shape index (κ2) is 5.20. The van der Waals surface area contributed by atoms with Crippen molar-refractivity contribution in [2.24, 2.45) is 5.92 Å². The zero-order valence-corrected chi connectivity index (χ0v) is 14.4. The van der Waals surface area contributed by atoms with E-state index in [2.05, 4.69) is 60.7 Å². The van der Waals surface area contributed by atoms with E-state index in [0.717, 1.165) is 0 Å². The zero-order valence-electron chi connectivity index (χ0n) is 10.8. The van der Waals surface area contributed by atoms with Crippen molar-refractivity contribution in [2.45, 2.75) is 18.8 Å². The topological polar surface area (TPSA) is 0 Å². The molecule has 0 aliphatic heterocycles.